The van der Waals surface area contributed by atoms with Crippen molar-refractivity contribution in [3.8, 4) is 0 Å². The molecule has 1 aliphatic rings. The maximum atomic E-state index is 13.9. The molecule has 1 N–H and O–H groups in total. The van der Waals surface area contributed by atoms with Crippen LogP contribution < -0.4 is 5.32 Å². The van der Waals surface area contributed by atoms with Crippen LogP contribution in [0.1, 0.15) is 36.6 Å². The van der Waals surface area contributed by atoms with Crippen molar-refractivity contribution < 1.29 is 8.78 Å². The molecule has 0 aromatic heterocycles. The van der Waals surface area contributed by atoms with Crippen molar-refractivity contribution in [2.24, 2.45) is 0 Å². The van der Waals surface area contributed by atoms with Gasteiger partial charge in [-0.25, -0.2) is 8.78 Å². The van der Waals surface area contributed by atoms with Crippen LogP contribution in [0.15, 0.2) is 47.4 Å². The third-order valence-electron chi connectivity index (χ3n) is 3.83. The van der Waals surface area contributed by atoms with Crippen molar-refractivity contribution in [2.45, 2.75) is 30.3 Å². The summed E-state index contributed by atoms with van der Waals surface area (Å²) < 4.78 is 27.2. The van der Waals surface area contributed by atoms with Gasteiger partial charge < -0.3 is 5.32 Å². The van der Waals surface area contributed by atoms with Gasteiger partial charge in [0.15, 0.2) is 0 Å². The standard InChI is InChI=1S/C17H17F2NS/c1-11(14-10-12(18)6-7-15(14)19)20-16-8-9-21-17-5-3-2-4-13(16)17/h2-7,10-11,16,20H,8-9H2,1H3. The van der Waals surface area contributed by atoms with Gasteiger partial charge in [-0.2, -0.15) is 0 Å². The minimum absolute atomic E-state index is 0.181. The third-order valence-corrected chi connectivity index (χ3v) is 4.96. The zero-order chi connectivity index (χ0) is 14.8. The van der Waals surface area contributed by atoms with E-state index < -0.39 is 5.82 Å². The Morgan fingerprint density at radius 3 is 2.86 bits per heavy atom. The Morgan fingerprint density at radius 2 is 2.00 bits per heavy atom. The van der Waals surface area contributed by atoms with Gasteiger partial charge in [0.1, 0.15) is 11.6 Å². The molecule has 0 radical (unpaired) electrons. The van der Waals surface area contributed by atoms with Gasteiger partial charge in [-0.3, -0.25) is 0 Å². The molecule has 0 spiro atoms. The van der Waals surface area contributed by atoms with Crippen molar-refractivity contribution in [1.29, 1.82) is 0 Å². The van der Waals surface area contributed by atoms with Crippen LogP contribution in [0.2, 0.25) is 0 Å². The average molecular weight is 305 g/mol. The zero-order valence-corrected chi connectivity index (χ0v) is 12.6. The Balaban J connectivity index is 1.82. The molecular formula is C17H17F2NS. The van der Waals surface area contributed by atoms with Crippen molar-refractivity contribution >= 4 is 11.8 Å². The van der Waals surface area contributed by atoms with E-state index in [1.807, 2.05) is 30.8 Å². The normalized spacial score (nSPS) is 19.1. The first kappa shape index (κ1) is 14.5. The molecule has 0 fully saturated rings. The highest BCUT2D eigenvalue weighted by Gasteiger charge is 2.23. The molecule has 2 aromatic carbocycles. The van der Waals surface area contributed by atoms with Gasteiger partial charge in [-0.15, -0.1) is 11.8 Å². The molecule has 1 heterocycles. The molecule has 0 saturated carbocycles. The topological polar surface area (TPSA) is 12.0 Å². The zero-order valence-electron chi connectivity index (χ0n) is 11.8. The number of hydrogen-bond donors (Lipinski definition) is 1. The molecule has 4 heteroatoms. The smallest absolute Gasteiger partial charge is 0.128 e. The molecule has 1 aliphatic heterocycles. The summed E-state index contributed by atoms with van der Waals surface area (Å²) in [5, 5.41) is 3.44. The van der Waals surface area contributed by atoms with Gasteiger partial charge in [-0.05, 0) is 48.9 Å². The lowest BCUT2D eigenvalue weighted by Gasteiger charge is -2.29. The van der Waals surface area contributed by atoms with E-state index in [9.17, 15) is 8.78 Å². The number of thioether (sulfide) groups is 1. The number of hydrogen-bond acceptors (Lipinski definition) is 2. The fourth-order valence-electron chi connectivity index (χ4n) is 2.75. The van der Waals surface area contributed by atoms with Crippen LogP contribution in [-0.2, 0) is 0 Å². The lowest BCUT2D eigenvalue weighted by molar-refractivity contribution is 0.435. The Kier molecular flexibility index (Phi) is 4.27. The molecule has 0 saturated heterocycles. The molecule has 2 aromatic rings. The summed E-state index contributed by atoms with van der Waals surface area (Å²) in [5.74, 6) is 0.266. The molecule has 110 valence electrons. The predicted octanol–water partition coefficient (Wildman–Crippen LogP) is 4.85. The summed E-state index contributed by atoms with van der Waals surface area (Å²) in [7, 11) is 0. The van der Waals surface area contributed by atoms with Gasteiger partial charge in [0.25, 0.3) is 0 Å². The maximum Gasteiger partial charge on any atom is 0.128 e. The van der Waals surface area contributed by atoms with Crippen molar-refractivity contribution in [1.82, 2.24) is 5.32 Å². The first-order valence-corrected chi connectivity index (χ1v) is 8.06. The molecular weight excluding hydrogens is 288 g/mol. The van der Waals surface area contributed by atoms with Gasteiger partial charge in [0.2, 0.25) is 0 Å². The van der Waals surface area contributed by atoms with E-state index in [-0.39, 0.29) is 17.9 Å². The van der Waals surface area contributed by atoms with Gasteiger partial charge in [0.05, 0.1) is 0 Å². The van der Waals surface area contributed by atoms with Crippen LogP contribution in [-0.4, -0.2) is 5.75 Å². The van der Waals surface area contributed by atoms with E-state index in [0.717, 1.165) is 18.2 Å². The van der Waals surface area contributed by atoms with E-state index in [4.69, 9.17) is 0 Å². The van der Waals surface area contributed by atoms with E-state index in [1.54, 1.807) is 0 Å². The van der Waals surface area contributed by atoms with Crippen molar-refractivity contribution in [3.05, 3.63) is 65.2 Å². The fourth-order valence-corrected chi connectivity index (χ4v) is 3.88. The quantitative estimate of drug-likeness (QED) is 0.869. The third kappa shape index (κ3) is 3.11. The van der Waals surface area contributed by atoms with E-state index in [0.29, 0.717) is 5.56 Å². The monoisotopic (exact) mass is 305 g/mol. The van der Waals surface area contributed by atoms with Crippen LogP contribution in [0.5, 0.6) is 0 Å². The molecule has 21 heavy (non-hydrogen) atoms. The SMILES string of the molecule is CC(NC1CCSc2ccccc21)c1cc(F)ccc1F. The summed E-state index contributed by atoms with van der Waals surface area (Å²) in [6.45, 7) is 1.88. The second kappa shape index (κ2) is 6.16. The average Bonchev–Trinajstić information content (AvgIpc) is 2.50. The lowest BCUT2D eigenvalue weighted by Crippen LogP contribution is -2.27. The van der Waals surface area contributed by atoms with E-state index in [1.165, 1.54) is 22.6 Å². The minimum atomic E-state index is -0.403. The van der Waals surface area contributed by atoms with E-state index in [2.05, 4.69) is 17.4 Å². The predicted molar refractivity (Wildman–Crippen MR) is 82.4 cm³/mol. The van der Waals surface area contributed by atoms with Gasteiger partial charge in [-0.1, -0.05) is 18.2 Å². The maximum absolute atomic E-state index is 13.9. The largest absolute Gasteiger partial charge is 0.303 e. The number of rotatable bonds is 3. The Morgan fingerprint density at radius 1 is 1.19 bits per heavy atom. The van der Waals surface area contributed by atoms with E-state index >= 15 is 0 Å². The highest BCUT2D eigenvalue weighted by Crippen LogP contribution is 2.37. The van der Waals surface area contributed by atoms with Crippen LogP contribution in [0.3, 0.4) is 0 Å². The summed E-state index contributed by atoms with van der Waals surface area (Å²) in [5.41, 5.74) is 1.63. The van der Waals surface area contributed by atoms with Crippen LogP contribution in [0, 0.1) is 11.6 Å². The highest BCUT2D eigenvalue weighted by atomic mass is 32.2. The summed E-state index contributed by atoms with van der Waals surface area (Å²) in [4.78, 5) is 1.27. The van der Waals surface area contributed by atoms with Crippen LogP contribution in [0.25, 0.3) is 0 Å². The lowest BCUT2D eigenvalue weighted by atomic mass is 10.0. The van der Waals surface area contributed by atoms with Crippen molar-refractivity contribution in [2.75, 3.05) is 5.75 Å². The van der Waals surface area contributed by atoms with Crippen LogP contribution in [0.4, 0.5) is 8.78 Å². The van der Waals surface area contributed by atoms with Crippen LogP contribution >= 0.6 is 11.8 Å². The summed E-state index contributed by atoms with van der Waals surface area (Å²) >= 11 is 1.85. The fraction of sp³-hybridized carbons (Fsp3) is 0.294. The summed E-state index contributed by atoms with van der Waals surface area (Å²) in [6.07, 6.45) is 0.989. The molecule has 0 amide bonds. The highest BCUT2D eigenvalue weighted by molar-refractivity contribution is 7.99. The number of fused-ring (bicyclic) bond motifs is 1. The Bertz CT molecular complexity index is 644. The second-order valence-corrected chi connectivity index (χ2v) is 6.42. The summed E-state index contributed by atoms with van der Waals surface area (Å²) in [6, 6.07) is 11.8. The molecule has 0 bridgehead atoms. The number of nitrogens with one attached hydrogen (secondary N) is 1. The molecule has 1 nitrogen and oxygen atoms in total. The minimum Gasteiger partial charge on any atom is -0.303 e. The number of halogens is 2. The van der Waals surface area contributed by atoms with Crippen molar-refractivity contribution in [3.63, 3.8) is 0 Å². The molecule has 2 unspecified atom stereocenters. The molecule has 2 atom stereocenters. The first-order chi connectivity index (χ1) is 10.1. The second-order valence-electron chi connectivity index (χ2n) is 5.28. The Labute approximate surface area is 127 Å². The first-order valence-electron chi connectivity index (χ1n) is 7.08. The molecule has 3 rings (SSSR count). The Hall–Kier alpha value is -1.39. The number of benzene rings is 2. The molecule has 0 aliphatic carbocycles. The van der Waals surface area contributed by atoms with Gasteiger partial charge in [0, 0.05) is 22.5 Å². The van der Waals surface area contributed by atoms with Gasteiger partial charge >= 0.3 is 0 Å².